The van der Waals surface area contributed by atoms with Crippen LogP contribution in [0.15, 0.2) is 29.6 Å². The first kappa shape index (κ1) is 12.5. The van der Waals surface area contributed by atoms with Crippen LogP contribution < -0.4 is 11.3 Å². The fourth-order valence-corrected chi connectivity index (χ4v) is 3.04. The van der Waals surface area contributed by atoms with Crippen LogP contribution in [-0.4, -0.2) is 0 Å². The van der Waals surface area contributed by atoms with E-state index in [2.05, 4.69) is 5.43 Å². The van der Waals surface area contributed by atoms with Crippen molar-refractivity contribution in [3.8, 4) is 0 Å². The predicted molar refractivity (Wildman–Crippen MR) is 69.6 cm³/mol. The molecule has 2 rings (SSSR count). The Morgan fingerprint density at radius 1 is 1.41 bits per heavy atom. The van der Waals surface area contributed by atoms with Crippen LogP contribution >= 0.6 is 22.9 Å². The van der Waals surface area contributed by atoms with Crippen LogP contribution in [0, 0.1) is 12.7 Å². The van der Waals surface area contributed by atoms with Gasteiger partial charge in [-0.15, -0.1) is 11.3 Å². The molecule has 0 aliphatic carbocycles. The van der Waals surface area contributed by atoms with Gasteiger partial charge in [0.2, 0.25) is 0 Å². The zero-order chi connectivity index (χ0) is 12.4. The van der Waals surface area contributed by atoms with Crippen molar-refractivity contribution in [1.29, 1.82) is 0 Å². The summed E-state index contributed by atoms with van der Waals surface area (Å²) in [6.07, 6.45) is 0. The van der Waals surface area contributed by atoms with Gasteiger partial charge < -0.3 is 0 Å². The van der Waals surface area contributed by atoms with Crippen molar-refractivity contribution in [1.82, 2.24) is 5.43 Å². The summed E-state index contributed by atoms with van der Waals surface area (Å²) in [6.45, 7) is 1.91. The maximum atomic E-state index is 13.7. The highest BCUT2D eigenvalue weighted by molar-refractivity contribution is 7.10. The largest absolute Gasteiger partial charge is 0.271 e. The number of nitrogens with one attached hydrogen (secondary N) is 1. The molecule has 3 N–H and O–H groups in total. The van der Waals surface area contributed by atoms with Crippen molar-refractivity contribution in [3.63, 3.8) is 0 Å². The molecule has 0 aliphatic rings. The summed E-state index contributed by atoms with van der Waals surface area (Å²) >= 11 is 7.65. The normalized spacial score (nSPS) is 12.7. The van der Waals surface area contributed by atoms with Crippen LogP contribution in [0.4, 0.5) is 4.39 Å². The molecule has 0 fully saturated rings. The Bertz CT molecular complexity index is 527. The molecule has 17 heavy (non-hydrogen) atoms. The Kier molecular flexibility index (Phi) is 3.79. The van der Waals surface area contributed by atoms with E-state index >= 15 is 0 Å². The molecule has 5 heteroatoms. The van der Waals surface area contributed by atoms with E-state index < -0.39 is 6.04 Å². The lowest BCUT2D eigenvalue weighted by Crippen LogP contribution is -2.29. The quantitative estimate of drug-likeness (QED) is 0.663. The van der Waals surface area contributed by atoms with E-state index in [4.69, 9.17) is 17.4 Å². The Morgan fingerprint density at radius 2 is 2.12 bits per heavy atom. The molecule has 2 aromatic rings. The van der Waals surface area contributed by atoms with Gasteiger partial charge in [-0.05, 0) is 23.9 Å². The van der Waals surface area contributed by atoms with Crippen LogP contribution in [0.3, 0.4) is 0 Å². The van der Waals surface area contributed by atoms with Gasteiger partial charge in [0.1, 0.15) is 5.82 Å². The van der Waals surface area contributed by atoms with Crippen molar-refractivity contribution in [3.05, 3.63) is 56.5 Å². The highest BCUT2D eigenvalue weighted by Crippen LogP contribution is 2.35. The topological polar surface area (TPSA) is 38.0 Å². The van der Waals surface area contributed by atoms with Crippen LogP contribution in [0.5, 0.6) is 0 Å². The second kappa shape index (κ2) is 5.14. The van der Waals surface area contributed by atoms with Gasteiger partial charge >= 0.3 is 0 Å². The molecule has 0 bridgehead atoms. The van der Waals surface area contributed by atoms with E-state index in [1.54, 1.807) is 18.2 Å². The van der Waals surface area contributed by atoms with E-state index in [-0.39, 0.29) is 5.82 Å². The van der Waals surface area contributed by atoms with Gasteiger partial charge in [-0.1, -0.05) is 29.8 Å². The number of thiophene rings is 1. The molecule has 0 spiro atoms. The lowest BCUT2D eigenvalue weighted by atomic mass is 10.0. The molecule has 0 aliphatic heterocycles. The summed E-state index contributed by atoms with van der Waals surface area (Å²) in [5, 5.41) is 2.57. The SMILES string of the molecule is Cc1csc(C(NN)c2ccccc2F)c1Cl. The molecular formula is C12H12ClFN2S. The van der Waals surface area contributed by atoms with Crippen molar-refractivity contribution in [2.75, 3.05) is 0 Å². The van der Waals surface area contributed by atoms with Crippen molar-refractivity contribution in [2.24, 2.45) is 5.84 Å². The maximum Gasteiger partial charge on any atom is 0.128 e. The second-order valence-electron chi connectivity index (χ2n) is 3.72. The summed E-state index contributed by atoms with van der Waals surface area (Å²) in [7, 11) is 0. The number of hydrogen-bond acceptors (Lipinski definition) is 3. The first-order chi connectivity index (χ1) is 8.15. The summed E-state index contributed by atoms with van der Waals surface area (Å²) in [4.78, 5) is 0.830. The molecule has 90 valence electrons. The van der Waals surface area contributed by atoms with E-state index in [1.165, 1.54) is 17.4 Å². The van der Waals surface area contributed by atoms with Gasteiger partial charge in [0.05, 0.1) is 11.1 Å². The molecule has 0 saturated heterocycles. The number of hydrazine groups is 1. The van der Waals surface area contributed by atoms with Gasteiger partial charge in [0.15, 0.2) is 0 Å². The standard InChI is InChI=1S/C12H12ClFN2S/c1-7-6-17-12(10(7)13)11(16-15)8-4-2-3-5-9(8)14/h2-6,11,16H,15H2,1H3. The molecule has 0 saturated carbocycles. The summed E-state index contributed by atoms with van der Waals surface area (Å²) < 4.78 is 13.7. The number of aryl methyl sites for hydroxylation is 1. The highest BCUT2D eigenvalue weighted by Gasteiger charge is 2.21. The van der Waals surface area contributed by atoms with E-state index in [0.717, 1.165) is 10.4 Å². The molecule has 1 heterocycles. The first-order valence-corrected chi connectivity index (χ1v) is 6.35. The first-order valence-electron chi connectivity index (χ1n) is 5.09. The minimum atomic E-state index is -0.414. The smallest absolute Gasteiger partial charge is 0.128 e. The fraction of sp³-hybridized carbons (Fsp3) is 0.167. The van der Waals surface area contributed by atoms with Gasteiger partial charge in [-0.2, -0.15) is 0 Å². The monoisotopic (exact) mass is 270 g/mol. The number of halogens is 2. The van der Waals surface area contributed by atoms with Crippen LogP contribution in [-0.2, 0) is 0 Å². The lowest BCUT2D eigenvalue weighted by Gasteiger charge is -2.16. The van der Waals surface area contributed by atoms with Crippen LogP contribution in [0.25, 0.3) is 0 Å². The zero-order valence-corrected chi connectivity index (χ0v) is 10.8. The van der Waals surface area contributed by atoms with E-state index in [0.29, 0.717) is 10.6 Å². The molecule has 2 nitrogen and oxygen atoms in total. The lowest BCUT2D eigenvalue weighted by molar-refractivity contribution is 0.564. The average Bonchev–Trinajstić information content (AvgIpc) is 2.65. The third kappa shape index (κ3) is 2.35. The Balaban J connectivity index is 2.48. The highest BCUT2D eigenvalue weighted by atomic mass is 35.5. The molecule has 1 atom stereocenters. The molecular weight excluding hydrogens is 259 g/mol. The summed E-state index contributed by atoms with van der Waals surface area (Å²) in [5.74, 6) is 5.22. The molecule has 0 amide bonds. The Labute approximate surface area is 108 Å². The fourth-order valence-electron chi connectivity index (χ4n) is 1.66. The second-order valence-corrected chi connectivity index (χ2v) is 5.01. The predicted octanol–water partition coefficient (Wildman–Crippen LogP) is 3.40. The average molecular weight is 271 g/mol. The van der Waals surface area contributed by atoms with Gasteiger partial charge in [0.25, 0.3) is 0 Å². The number of hydrogen-bond donors (Lipinski definition) is 2. The van der Waals surface area contributed by atoms with Gasteiger partial charge in [0, 0.05) is 10.4 Å². The van der Waals surface area contributed by atoms with Crippen LogP contribution in [0.1, 0.15) is 22.0 Å². The van der Waals surface area contributed by atoms with Gasteiger partial charge in [-0.25, -0.2) is 9.82 Å². The number of benzene rings is 1. The van der Waals surface area contributed by atoms with Crippen molar-refractivity contribution in [2.45, 2.75) is 13.0 Å². The Hall–Kier alpha value is -0.940. The maximum absolute atomic E-state index is 13.7. The minimum Gasteiger partial charge on any atom is -0.271 e. The Morgan fingerprint density at radius 3 is 2.65 bits per heavy atom. The number of nitrogens with two attached hydrogens (primary N) is 1. The zero-order valence-electron chi connectivity index (χ0n) is 9.21. The summed E-state index contributed by atoms with van der Waals surface area (Å²) in [6, 6.07) is 6.12. The molecule has 0 radical (unpaired) electrons. The third-order valence-corrected chi connectivity index (χ3v) is 4.35. The van der Waals surface area contributed by atoms with Crippen molar-refractivity contribution < 1.29 is 4.39 Å². The van der Waals surface area contributed by atoms with Gasteiger partial charge in [-0.3, -0.25) is 5.84 Å². The van der Waals surface area contributed by atoms with Crippen LogP contribution in [0.2, 0.25) is 5.02 Å². The minimum absolute atomic E-state index is 0.294. The van der Waals surface area contributed by atoms with E-state index in [1.807, 2.05) is 12.3 Å². The van der Waals surface area contributed by atoms with E-state index in [9.17, 15) is 4.39 Å². The molecule has 1 aromatic heterocycles. The number of rotatable bonds is 3. The third-order valence-electron chi connectivity index (χ3n) is 2.57. The molecule has 1 unspecified atom stereocenters. The molecule has 1 aromatic carbocycles. The van der Waals surface area contributed by atoms with Crippen molar-refractivity contribution >= 4 is 22.9 Å². The summed E-state index contributed by atoms with van der Waals surface area (Å²) in [5.41, 5.74) is 4.09.